The van der Waals surface area contributed by atoms with Crippen LogP contribution in [0.15, 0.2) is 36.4 Å². The molecule has 0 atom stereocenters. The first-order valence-electron chi connectivity index (χ1n) is 6.46. The molecule has 0 N–H and O–H groups in total. The molecule has 0 bridgehead atoms. The summed E-state index contributed by atoms with van der Waals surface area (Å²) in [6.07, 6.45) is 1.55. The average Bonchev–Trinajstić information content (AvgIpc) is 2.52. The van der Waals surface area contributed by atoms with Gasteiger partial charge in [-0.2, -0.15) is 0 Å². The predicted molar refractivity (Wildman–Crippen MR) is 76.9 cm³/mol. The van der Waals surface area contributed by atoms with E-state index in [1.54, 1.807) is 6.07 Å². The topological polar surface area (TPSA) is 48.4 Å². The Morgan fingerprint density at radius 3 is 2.60 bits per heavy atom. The summed E-state index contributed by atoms with van der Waals surface area (Å²) in [5.41, 5.74) is 2.93. The normalized spacial score (nSPS) is 10.3. The number of pyridine rings is 1. The van der Waals surface area contributed by atoms with E-state index in [1.807, 2.05) is 37.3 Å². The van der Waals surface area contributed by atoms with Crippen molar-refractivity contribution in [1.29, 1.82) is 0 Å². The number of methoxy groups -OCH3 is 1. The molecule has 4 heteroatoms. The van der Waals surface area contributed by atoms with Crippen LogP contribution in [0.2, 0.25) is 0 Å². The second-order valence-corrected chi connectivity index (χ2v) is 4.27. The number of carbonyl (C=O) groups excluding carboxylic acids is 1. The minimum atomic E-state index is 0.0772. The molecular formula is C16H17NO3. The van der Waals surface area contributed by atoms with Gasteiger partial charge in [-0.25, -0.2) is 4.98 Å². The van der Waals surface area contributed by atoms with Crippen LogP contribution in [0.3, 0.4) is 0 Å². The lowest BCUT2D eigenvalue weighted by Crippen LogP contribution is -2.06. The number of benzene rings is 1. The van der Waals surface area contributed by atoms with Crippen LogP contribution < -0.4 is 4.74 Å². The Bertz CT molecular complexity index is 582. The number of aryl methyl sites for hydroxylation is 1. The summed E-state index contributed by atoms with van der Waals surface area (Å²) in [5, 5.41) is 0. The molecule has 2 aromatic rings. The molecule has 1 aromatic heterocycles. The van der Waals surface area contributed by atoms with Crippen molar-refractivity contribution < 1.29 is 14.3 Å². The Morgan fingerprint density at radius 1 is 1.25 bits per heavy atom. The van der Waals surface area contributed by atoms with Crippen molar-refractivity contribution >= 4 is 6.29 Å². The van der Waals surface area contributed by atoms with Gasteiger partial charge in [0.15, 0.2) is 18.8 Å². The van der Waals surface area contributed by atoms with E-state index in [9.17, 15) is 4.79 Å². The van der Waals surface area contributed by atoms with E-state index >= 15 is 0 Å². The SMILES string of the molecule is CCc1cc(C=O)c(OCOC)c(-c2ccccc2)n1. The summed E-state index contributed by atoms with van der Waals surface area (Å²) < 4.78 is 10.5. The summed E-state index contributed by atoms with van der Waals surface area (Å²) >= 11 is 0. The van der Waals surface area contributed by atoms with Gasteiger partial charge in [0, 0.05) is 18.4 Å². The van der Waals surface area contributed by atoms with E-state index in [-0.39, 0.29) is 6.79 Å². The number of carbonyl (C=O) groups is 1. The van der Waals surface area contributed by atoms with Crippen LogP contribution >= 0.6 is 0 Å². The third kappa shape index (κ3) is 3.03. The van der Waals surface area contributed by atoms with Crippen LogP contribution in [0, 0.1) is 0 Å². The highest BCUT2D eigenvalue weighted by Gasteiger charge is 2.15. The molecular weight excluding hydrogens is 254 g/mol. The standard InChI is InChI=1S/C16H17NO3/c1-3-14-9-13(10-18)16(20-11-19-2)15(17-14)12-7-5-4-6-8-12/h4-10H,3,11H2,1-2H3. The molecule has 0 saturated carbocycles. The van der Waals surface area contributed by atoms with Crippen LogP contribution in [-0.4, -0.2) is 25.2 Å². The molecule has 4 nitrogen and oxygen atoms in total. The van der Waals surface area contributed by atoms with Gasteiger partial charge in [-0.15, -0.1) is 0 Å². The van der Waals surface area contributed by atoms with E-state index < -0.39 is 0 Å². The molecule has 1 aromatic carbocycles. The second kappa shape index (κ2) is 6.82. The lowest BCUT2D eigenvalue weighted by molar-refractivity contribution is 0.0507. The minimum absolute atomic E-state index is 0.0772. The Balaban J connectivity index is 2.59. The Kier molecular flexibility index (Phi) is 4.85. The Hall–Kier alpha value is -2.20. The fourth-order valence-corrected chi connectivity index (χ4v) is 1.94. The van der Waals surface area contributed by atoms with Crippen molar-refractivity contribution in [3.8, 4) is 17.0 Å². The third-order valence-electron chi connectivity index (χ3n) is 2.91. The Labute approximate surface area is 118 Å². The maximum atomic E-state index is 11.3. The molecule has 0 aliphatic heterocycles. The molecule has 20 heavy (non-hydrogen) atoms. The van der Waals surface area contributed by atoms with Gasteiger partial charge in [0.1, 0.15) is 5.69 Å². The Morgan fingerprint density at radius 2 is 2.00 bits per heavy atom. The second-order valence-electron chi connectivity index (χ2n) is 4.27. The monoisotopic (exact) mass is 271 g/mol. The van der Waals surface area contributed by atoms with Crippen molar-refractivity contribution in [3.05, 3.63) is 47.7 Å². The number of hydrogen-bond acceptors (Lipinski definition) is 4. The van der Waals surface area contributed by atoms with Crippen LogP contribution in [0.4, 0.5) is 0 Å². The number of rotatable bonds is 6. The molecule has 0 aliphatic rings. The smallest absolute Gasteiger partial charge is 0.188 e. The number of aromatic nitrogens is 1. The first-order valence-corrected chi connectivity index (χ1v) is 6.46. The van der Waals surface area contributed by atoms with Crippen molar-refractivity contribution in [2.24, 2.45) is 0 Å². The molecule has 0 fully saturated rings. The molecule has 0 saturated heterocycles. The van der Waals surface area contributed by atoms with E-state index in [1.165, 1.54) is 7.11 Å². The zero-order chi connectivity index (χ0) is 14.4. The van der Waals surface area contributed by atoms with Crippen LogP contribution in [0.5, 0.6) is 5.75 Å². The van der Waals surface area contributed by atoms with Gasteiger partial charge in [0.05, 0.1) is 5.56 Å². The van der Waals surface area contributed by atoms with E-state index in [4.69, 9.17) is 9.47 Å². The summed E-state index contributed by atoms with van der Waals surface area (Å²) in [6, 6.07) is 11.4. The molecule has 1 heterocycles. The highest BCUT2D eigenvalue weighted by Crippen LogP contribution is 2.31. The number of aldehydes is 1. The molecule has 104 valence electrons. The fourth-order valence-electron chi connectivity index (χ4n) is 1.94. The average molecular weight is 271 g/mol. The van der Waals surface area contributed by atoms with Gasteiger partial charge < -0.3 is 9.47 Å². The van der Waals surface area contributed by atoms with Gasteiger partial charge in [0.25, 0.3) is 0 Å². The van der Waals surface area contributed by atoms with Crippen molar-refractivity contribution in [1.82, 2.24) is 4.98 Å². The van der Waals surface area contributed by atoms with Gasteiger partial charge in [-0.3, -0.25) is 4.79 Å². The zero-order valence-electron chi connectivity index (χ0n) is 11.6. The maximum Gasteiger partial charge on any atom is 0.188 e. The van der Waals surface area contributed by atoms with E-state index in [0.29, 0.717) is 17.0 Å². The summed E-state index contributed by atoms with van der Waals surface area (Å²) in [6.45, 7) is 2.08. The first kappa shape index (κ1) is 14.2. The lowest BCUT2D eigenvalue weighted by Gasteiger charge is -2.14. The molecule has 0 radical (unpaired) electrons. The lowest BCUT2D eigenvalue weighted by atomic mass is 10.1. The molecule has 0 unspecified atom stereocenters. The molecule has 0 amide bonds. The maximum absolute atomic E-state index is 11.3. The van der Waals surface area contributed by atoms with Crippen molar-refractivity contribution in [2.75, 3.05) is 13.9 Å². The minimum Gasteiger partial charge on any atom is -0.465 e. The van der Waals surface area contributed by atoms with E-state index in [0.717, 1.165) is 24.0 Å². The summed E-state index contributed by atoms with van der Waals surface area (Å²) in [5.74, 6) is 0.463. The van der Waals surface area contributed by atoms with Crippen LogP contribution in [0.1, 0.15) is 23.0 Å². The largest absolute Gasteiger partial charge is 0.465 e. The highest BCUT2D eigenvalue weighted by atomic mass is 16.7. The van der Waals surface area contributed by atoms with Crippen molar-refractivity contribution in [2.45, 2.75) is 13.3 Å². The van der Waals surface area contributed by atoms with Gasteiger partial charge in [0.2, 0.25) is 0 Å². The predicted octanol–water partition coefficient (Wildman–Crippen LogP) is 3.11. The fraction of sp³-hybridized carbons (Fsp3) is 0.250. The number of hydrogen-bond donors (Lipinski definition) is 0. The van der Waals surface area contributed by atoms with E-state index in [2.05, 4.69) is 4.98 Å². The zero-order valence-corrected chi connectivity index (χ0v) is 11.6. The molecule has 0 spiro atoms. The van der Waals surface area contributed by atoms with Gasteiger partial charge in [-0.1, -0.05) is 37.3 Å². The molecule has 0 aliphatic carbocycles. The summed E-state index contributed by atoms with van der Waals surface area (Å²) in [4.78, 5) is 15.9. The van der Waals surface area contributed by atoms with Gasteiger partial charge >= 0.3 is 0 Å². The quantitative estimate of drug-likeness (QED) is 0.598. The van der Waals surface area contributed by atoms with Crippen molar-refractivity contribution in [3.63, 3.8) is 0 Å². The van der Waals surface area contributed by atoms with Gasteiger partial charge in [-0.05, 0) is 12.5 Å². The highest BCUT2D eigenvalue weighted by molar-refractivity contribution is 5.84. The number of ether oxygens (including phenoxy) is 2. The van der Waals surface area contributed by atoms with Crippen LogP contribution in [-0.2, 0) is 11.2 Å². The molecule has 2 rings (SSSR count). The third-order valence-corrected chi connectivity index (χ3v) is 2.91. The van der Waals surface area contributed by atoms with Crippen LogP contribution in [0.25, 0.3) is 11.3 Å². The number of nitrogens with zero attached hydrogens (tertiary/aromatic N) is 1. The summed E-state index contributed by atoms with van der Waals surface area (Å²) in [7, 11) is 1.54. The first-order chi connectivity index (χ1) is 9.80.